The lowest BCUT2D eigenvalue weighted by molar-refractivity contribution is 0.0524. The van der Waals surface area contributed by atoms with Crippen LogP contribution in [0.3, 0.4) is 0 Å². The molecule has 1 amide bonds. The summed E-state index contributed by atoms with van der Waals surface area (Å²) in [5, 5.41) is 2.53. The van der Waals surface area contributed by atoms with E-state index in [2.05, 4.69) is 10.3 Å². The number of hydrogen-bond acceptors (Lipinski definition) is 4. The number of nitrogens with two attached hydrogens (primary N) is 1. The lowest BCUT2D eigenvalue weighted by Crippen LogP contribution is -2.36. The van der Waals surface area contributed by atoms with E-state index in [0.717, 1.165) is 6.20 Å². The van der Waals surface area contributed by atoms with Crippen molar-refractivity contribution in [3.05, 3.63) is 29.8 Å². The van der Waals surface area contributed by atoms with Crippen molar-refractivity contribution in [2.24, 2.45) is 5.73 Å². The molecule has 1 atom stereocenters. The topological polar surface area (TPSA) is 77.2 Å². The second-order valence-corrected chi connectivity index (χ2v) is 4.89. The summed E-state index contributed by atoms with van der Waals surface area (Å²) in [6.07, 6.45) is 0.544. The van der Waals surface area contributed by atoms with Crippen LogP contribution in [-0.2, 0) is 4.74 Å². The Morgan fingerprint density at radius 3 is 2.72 bits per heavy atom. The largest absolute Gasteiger partial charge is 0.444 e. The smallest absolute Gasteiger partial charge is 0.407 e. The van der Waals surface area contributed by atoms with E-state index in [1.807, 2.05) is 0 Å². The monoisotopic (exact) mass is 255 g/mol. The van der Waals surface area contributed by atoms with Gasteiger partial charge in [0.1, 0.15) is 11.4 Å². The number of nitrogens with zero attached hydrogens (tertiary/aromatic N) is 1. The molecule has 1 aromatic rings. The van der Waals surface area contributed by atoms with Gasteiger partial charge in [-0.05, 0) is 32.9 Å². The van der Waals surface area contributed by atoms with E-state index in [4.69, 9.17) is 10.5 Å². The molecule has 0 saturated carbocycles. The first kappa shape index (κ1) is 14.4. The van der Waals surface area contributed by atoms with Crippen molar-refractivity contribution >= 4 is 6.09 Å². The summed E-state index contributed by atoms with van der Waals surface area (Å²) in [6, 6.07) is 2.25. The molecule has 1 aromatic heterocycles. The second-order valence-electron chi connectivity index (χ2n) is 4.89. The molecule has 100 valence electrons. The van der Waals surface area contributed by atoms with Gasteiger partial charge in [0.05, 0.1) is 17.9 Å². The average molecular weight is 255 g/mol. The SMILES string of the molecule is CC(C)(C)OC(=O)NCC(N)c1ccc(F)cn1. The minimum atomic E-state index is -0.553. The number of alkyl carbamates (subject to hydrolysis) is 1. The Labute approximate surface area is 106 Å². The molecule has 18 heavy (non-hydrogen) atoms. The van der Waals surface area contributed by atoms with Gasteiger partial charge in [-0.3, -0.25) is 4.98 Å². The number of pyridine rings is 1. The van der Waals surface area contributed by atoms with Gasteiger partial charge in [0.25, 0.3) is 0 Å². The van der Waals surface area contributed by atoms with Crippen LogP contribution in [0.2, 0.25) is 0 Å². The van der Waals surface area contributed by atoms with E-state index in [-0.39, 0.29) is 6.54 Å². The van der Waals surface area contributed by atoms with Gasteiger partial charge in [-0.25, -0.2) is 9.18 Å². The molecule has 0 saturated heterocycles. The Balaban J connectivity index is 2.44. The molecule has 0 bridgehead atoms. The van der Waals surface area contributed by atoms with Crippen LogP contribution in [-0.4, -0.2) is 23.2 Å². The number of rotatable bonds is 3. The molecule has 1 rings (SSSR count). The molecule has 0 aliphatic heterocycles. The van der Waals surface area contributed by atoms with Gasteiger partial charge in [-0.15, -0.1) is 0 Å². The summed E-state index contributed by atoms with van der Waals surface area (Å²) in [5.74, 6) is -0.425. The third kappa shape index (κ3) is 5.09. The maximum Gasteiger partial charge on any atom is 0.407 e. The van der Waals surface area contributed by atoms with E-state index in [9.17, 15) is 9.18 Å². The lowest BCUT2D eigenvalue weighted by Gasteiger charge is -2.20. The van der Waals surface area contributed by atoms with Crippen LogP contribution in [0, 0.1) is 5.82 Å². The Morgan fingerprint density at radius 2 is 2.22 bits per heavy atom. The van der Waals surface area contributed by atoms with Gasteiger partial charge >= 0.3 is 6.09 Å². The summed E-state index contributed by atoms with van der Waals surface area (Å²) in [5.41, 5.74) is 5.76. The van der Waals surface area contributed by atoms with Crippen LogP contribution in [0.15, 0.2) is 18.3 Å². The van der Waals surface area contributed by atoms with Crippen molar-refractivity contribution < 1.29 is 13.9 Å². The fourth-order valence-electron chi connectivity index (χ4n) is 1.22. The van der Waals surface area contributed by atoms with Gasteiger partial charge < -0.3 is 15.8 Å². The van der Waals surface area contributed by atoms with Crippen LogP contribution in [0.4, 0.5) is 9.18 Å². The van der Waals surface area contributed by atoms with Gasteiger partial charge in [-0.1, -0.05) is 0 Å². The molecule has 0 spiro atoms. The van der Waals surface area contributed by atoms with Crippen LogP contribution in [0.5, 0.6) is 0 Å². The standard InChI is InChI=1S/C12H18FN3O2/c1-12(2,3)18-11(17)16-7-9(14)10-5-4-8(13)6-15-10/h4-6,9H,7,14H2,1-3H3,(H,16,17). The molecule has 0 radical (unpaired) electrons. The molecule has 1 heterocycles. The van der Waals surface area contributed by atoms with Gasteiger partial charge in [-0.2, -0.15) is 0 Å². The molecule has 0 fully saturated rings. The van der Waals surface area contributed by atoms with Crippen molar-refractivity contribution in [1.82, 2.24) is 10.3 Å². The second kappa shape index (κ2) is 5.77. The fraction of sp³-hybridized carbons (Fsp3) is 0.500. The number of ether oxygens (including phenoxy) is 1. The summed E-state index contributed by atoms with van der Waals surface area (Å²) in [7, 11) is 0. The molecule has 0 aromatic carbocycles. The van der Waals surface area contributed by atoms with E-state index >= 15 is 0 Å². The highest BCUT2D eigenvalue weighted by Crippen LogP contribution is 2.08. The summed E-state index contributed by atoms with van der Waals surface area (Å²) >= 11 is 0. The molecule has 3 N–H and O–H groups in total. The van der Waals surface area contributed by atoms with Crippen LogP contribution >= 0.6 is 0 Å². The van der Waals surface area contributed by atoms with E-state index in [0.29, 0.717) is 5.69 Å². The number of carbonyl (C=O) groups is 1. The minimum Gasteiger partial charge on any atom is -0.444 e. The first-order valence-corrected chi connectivity index (χ1v) is 5.62. The van der Waals surface area contributed by atoms with Crippen molar-refractivity contribution in [3.8, 4) is 0 Å². The van der Waals surface area contributed by atoms with Crippen LogP contribution in [0.1, 0.15) is 32.5 Å². The molecular weight excluding hydrogens is 237 g/mol. The van der Waals surface area contributed by atoms with Crippen molar-refractivity contribution in [2.45, 2.75) is 32.4 Å². The molecule has 0 aliphatic carbocycles. The summed E-state index contributed by atoms with van der Waals surface area (Å²) in [6.45, 7) is 5.49. The maximum absolute atomic E-state index is 12.7. The highest BCUT2D eigenvalue weighted by Gasteiger charge is 2.17. The number of amides is 1. The third-order valence-corrected chi connectivity index (χ3v) is 2.00. The van der Waals surface area contributed by atoms with Gasteiger partial charge in [0, 0.05) is 6.54 Å². The van der Waals surface area contributed by atoms with Gasteiger partial charge in [0.15, 0.2) is 0 Å². The molecule has 0 aliphatic rings. The zero-order valence-electron chi connectivity index (χ0n) is 10.7. The Kier molecular flexibility index (Phi) is 4.61. The predicted molar refractivity (Wildman–Crippen MR) is 65.4 cm³/mol. The predicted octanol–water partition coefficient (Wildman–Crippen LogP) is 1.75. The number of halogens is 1. The summed E-state index contributed by atoms with van der Waals surface area (Å²) < 4.78 is 17.7. The quantitative estimate of drug-likeness (QED) is 0.862. The molecular formula is C12H18FN3O2. The first-order chi connectivity index (χ1) is 8.28. The molecule has 6 heteroatoms. The number of carbonyl (C=O) groups excluding carboxylic acids is 1. The molecule has 5 nitrogen and oxygen atoms in total. The van der Waals surface area contributed by atoms with Crippen LogP contribution in [0.25, 0.3) is 0 Å². The highest BCUT2D eigenvalue weighted by molar-refractivity contribution is 5.67. The minimum absolute atomic E-state index is 0.174. The number of nitrogens with one attached hydrogen (secondary N) is 1. The average Bonchev–Trinajstić information content (AvgIpc) is 2.24. The van der Waals surface area contributed by atoms with Crippen molar-refractivity contribution in [1.29, 1.82) is 0 Å². The van der Waals surface area contributed by atoms with E-state index in [1.54, 1.807) is 20.8 Å². The first-order valence-electron chi connectivity index (χ1n) is 5.62. The zero-order valence-corrected chi connectivity index (χ0v) is 10.7. The number of hydrogen-bond donors (Lipinski definition) is 2. The van der Waals surface area contributed by atoms with Gasteiger partial charge in [0.2, 0.25) is 0 Å². The summed E-state index contributed by atoms with van der Waals surface area (Å²) in [4.78, 5) is 15.2. The zero-order chi connectivity index (χ0) is 13.8. The van der Waals surface area contributed by atoms with E-state index < -0.39 is 23.6 Å². The number of aromatic nitrogens is 1. The van der Waals surface area contributed by atoms with E-state index in [1.165, 1.54) is 12.1 Å². The normalized spacial score (nSPS) is 12.9. The maximum atomic E-state index is 12.7. The Hall–Kier alpha value is -1.69. The highest BCUT2D eigenvalue weighted by atomic mass is 19.1. The van der Waals surface area contributed by atoms with Crippen LogP contribution < -0.4 is 11.1 Å². The molecule has 1 unspecified atom stereocenters. The van der Waals surface area contributed by atoms with Crippen molar-refractivity contribution in [2.75, 3.05) is 6.54 Å². The lowest BCUT2D eigenvalue weighted by atomic mass is 10.2. The van der Waals surface area contributed by atoms with Crippen molar-refractivity contribution in [3.63, 3.8) is 0 Å². The fourth-order valence-corrected chi connectivity index (χ4v) is 1.22. The Morgan fingerprint density at radius 1 is 1.56 bits per heavy atom. The third-order valence-electron chi connectivity index (χ3n) is 2.00. The Bertz CT molecular complexity index is 401.